The average Bonchev–Trinajstić information content (AvgIpc) is 3.17. The highest BCUT2D eigenvalue weighted by Gasteiger charge is 2.21. The molecule has 1 fully saturated rings. The number of nitrogens with one attached hydrogen (secondary N) is 1. The van der Waals surface area contributed by atoms with Gasteiger partial charge in [0, 0.05) is 56.2 Å². The number of pyridine rings is 1. The Hall–Kier alpha value is -3.06. The molecular formula is C21H24N6O. The van der Waals surface area contributed by atoms with Crippen LogP contribution in [0.4, 0.5) is 0 Å². The number of carbonyl (C=O) groups excluding carboxylic acids is 1. The van der Waals surface area contributed by atoms with E-state index in [-0.39, 0.29) is 11.9 Å². The molecule has 0 spiro atoms. The number of carbonyl (C=O) groups is 1. The van der Waals surface area contributed by atoms with Crippen LogP contribution in [0.5, 0.6) is 0 Å². The highest BCUT2D eigenvalue weighted by molar-refractivity contribution is 5.94. The van der Waals surface area contributed by atoms with Crippen molar-refractivity contribution in [3.8, 4) is 11.4 Å². The summed E-state index contributed by atoms with van der Waals surface area (Å²) in [6.07, 6.45) is 7.29. The van der Waals surface area contributed by atoms with Crippen LogP contribution in [-0.4, -0.2) is 49.7 Å². The number of rotatable bonds is 5. The average molecular weight is 376 g/mol. The van der Waals surface area contributed by atoms with Gasteiger partial charge in [-0.05, 0) is 36.6 Å². The molecule has 3 aromatic rings. The van der Waals surface area contributed by atoms with Crippen LogP contribution in [0.1, 0.15) is 28.8 Å². The maximum absolute atomic E-state index is 12.6. The molecule has 0 atom stereocenters. The number of aromatic nitrogens is 4. The van der Waals surface area contributed by atoms with Gasteiger partial charge < -0.3 is 5.32 Å². The Morgan fingerprint density at radius 3 is 2.61 bits per heavy atom. The number of nitrogens with zero attached hydrogens (tertiary/aromatic N) is 5. The van der Waals surface area contributed by atoms with Crippen molar-refractivity contribution in [1.82, 2.24) is 30.0 Å². The van der Waals surface area contributed by atoms with Gasteiger partial charge in [0.1, 0.15) is 6.33 Å². The molecule has 0 bridgehead atoms. The molecule has 1 aromatic carbocycles. The van der Waals surface area contributed by atoms with E-state index in [2.05, 4.69) is 31.3 Å². The molecule has 1 amide bonds. The van der Waals surface area contributed by atoms with Crippen molar-refractivity contribution in [2.45, 2.75) is 25.4 Å². The second kappa shape index (κ2) is 8.31. The van der Waals surface area contributed by atoms with Gasteiger partial charge in [-0.3, -0.25) is 19.4 Å². The van der Waals surface area contributed by atoms with Crippen LogP contribution in [0, 0.1) is 0 Å². The lowest BCUT2D eigenvalue weighted by Gasteiger charge is -2.32. The molecule has 2 aromatic heterocycles. The second-order valence-corrected chi connectivity index (χ2v) is 7.20. The molecule has 7 nitrogen and oxygen atoms in total. The van der Waals surface area contributed by atoms with Crippen molar-refractivity contribution >= 4 is 5.91 Å². The van der Waals surface area contributed by atoms with E-state index < -0.39 is 0 Å². The molecule has 7 heteroatoms. The number of hydrogen-bond donors (Lipinski definition) is 1. The van der Waals surface area contributed by atoms with E-state index in [0.29, 0.717) is 11.4 Å². The zero-order valence-corrected chi connectivity index (χ0v) is 16.0. The van der Waals surface area contributed by atoms with E-state index in [1.54, 1.807) is 17.2 Å². The van der Waals surface area contributed by atoms with E-state index in [1.165, 1.54) is 5.56 Å². The number of hydrogen-bond acceptors (Lipinski definition) is 5. The summed E-state index contributed by atoms with van der Waals surface area (Å²) in [4.78, 5) is 23.4. The molecule has 1 saturated heterocycles. The van der Waals surface area contributed by atoms with Crippen LogP contribution in [-0.2, 0) is 13.6 Å². The van der Waals surface area contributed by atoms with Crippen molar-refractivity contribution in [3.05, 3.63) is 66.2 Å². The Morgan fingerprint density at radius 2 is 1.96 bits per heavy atom. The minimum atomic E-state index is -0.0220. The third-order valence-electron chi connectivity index (χ3n) is 5.06. The van der Waals surface area contributed by atoms with E-state index in [0.717, 1.165) is 38.0 Å². The van der Waals surface area contributed by atoms with Crippen molar-refractivity contribution in [1.29, 1.82) is 0 Å². The summed E-state index contributed by atoms with van der Waals surface area (Å²) >= 11 is 0. The van der Waals surface area contributed by atoms with Gasteiger partial charge in [-0.25, -0.2) is 4.98 Å². The summed E-state index contributed by atoms with van der Waals surface area (Å²) in [5.74, 6) is 0.640. The second-order valence-electron chi connectivity index (χ2n) is 7.20. The number of amides is 1. The summed E-state index contributed by atoms with van der Waals surface area (Å²) in [7, 11) is 1.83. The number of likely N-dealkylation sites (tertiary alicyclic amines) is 1. The molecule has 0 unspecified atom stereocenters. The predicted molar refractivity (Wildman–Crippen MR) is 106 cm³/mol. The lowest BCUT2D eigenvalue weighted by atomic mass is 10.0. The molecule has 0 saturated carbocycles. The zero-order chi connectivity index (χ0) is 19.3. The van der Waals surface area contributed by atoms with Crippen molar-refractivity contribution in [3.63, 3.8) is 0 Å². The van der Waals surface area contributed by atoms with Gasteiger partial charge >= 0.3 is 0 Å². The SMILES string of the molecule is Cn1cnc(-c2ccc(C(=O)NC3CCN(Cc4cccnc4)CC3)cc2)n1. The van der Waals surface area contributed by atoms with Gasteiger partial charge in [0.15, 0.2) is 5.82 Å². The molecule has 0 aliphatic carbocycles. The summed E-state index contributed by atoms with van der Waals surface area (Å²) in [5, 5.41) is 7.45. The maximum Gasteiger partial charge on any atom is 0.251 e. The molecule has 1 aliphatic heterocycles. The third-order valence-corrected chi connectivity index (χ3v) is 5.06. The van der Waals surface area contributed by atoms with Gasteiger partial charge in [0.2, 0.25) is 0 Å². The Labute approximate surface area is 164 Å². The highest BCUT2D eigenvalue weighted by atomic mass is 16.1. The van der Waals surface area contributed by atoms with Crippen LogP contribution in [0.15, 0.2) is 55.1 Å². The zero-order valence-electron chi connectivity index (χ0n) is 16.0. The van der Waals surface area contributed by atoms with E-state index in [4.69, 9.17) is 0 Å². The molecule has 144 valence electrons. The summed E-state index contributed by atoms with van der Waals surface area (Å²) in [5.41, 5.74) is 2.80. The van der Waals surface area contributed by atoms with Crippen LogP contribution in [0.2, 0.25) is 0 Å². The molecule has 3 heterocycles. The maximum atomic E-state index is 12.6. The molecule has 1 aliphatic rings. The van der Waals surface area contributed by atoms with E-state index in [9.17, 15) is 4.79 Å². The van der Waals surface area contributed by atoms with Gasteiger partial charge in [0.05, 0.1) is 0 Å². The summed E-state index contributed by atoms with van der Waals surface area (Å²) in [6, 6.07) is 11.7. The summed E-state index contributed by atoms with van der Waals surface area (Å²) < 4.78 is 1.66. The first-order chi connectivity index (χ1) is 13.7. The number of benzene rings is 1. The number of aryl methyl sites for hydroxylation is 1. The Kier molecular flexibility index (Phi) is 5.43. The molecule has 1 N–H and O–H groups in total. The topological polar surface area (TPSA) is 75.9 Å². The van der Waals surface area contributed by atoms with Crippen LogP contribution < -0.4 is 5.32 Å². The van der Waals surface area contributed by atoms with Gasteiger partial charge in [-0.1, -0.05) is 18.2 Å². The van der Waals surface area contributed by atoms with E-state index >= 15 is 0 Å². The van der Waals surface area contributed by atoms with Crippen molar-refractivity contribution in [2.75, 3.05) is 13.1 Å². The third kappa shape index (κ3) is 4.43. The Balaban J connectivity index is 1.28. The minimum Gasteiger partial charge on any atom is -0.349 e. The molecular weight excluding hydrogens is 352 g/mol. The van der Waals surface area contributed by atoms with Crippen LogP contribution in [0.25, 0.3) is 11.4 Å². The fourth-order valence-corrected chi connectivity index (χ4v) is 3.50. The lowest BCUT2D eigenvalue weighted by molar-refractivity contribution is 0.0909. The first-order valence-corrected chi connectivity index (χ1v) is 9.55. The molecule has 0 radical (unpaired) electrons. The van der Waals surface area contributed by atoms with Gasteiger partial charge in [-0.2, -0.15) is 5.10 Å². The minimum absolute atomic E-state index is 0.0220. The van der Waals surface area contributed by atoms with Gasteiger partial charge in [-0.15, -0.1) is 0 Å². The molecule has 28 heavy (non-hydrogen) atoms. The first-order valence-electron chi connectivity index (χ1n) is 9.55. The van der Waals surface area contributed by atoms with Crippen molar-refractivity contribution < 1.29 is 4.79 Å². The standard InChI is InChI=1S/C21H24N6O/c1-26-15-23-20(25-26)17-4-6-18(7-5-17)21(28)24-19-8-11-27(12-9-19)14-16-3-2-10-22-13-16/h2-7,10,13,15,19H,8-9,11-12,14H2,1H3,(H,24,28). The fraction of sp³-hybridized carbons (Fsp3) is 0.333. The lowest BCUT2D eigenvalue weighted by Crippen LogP contribution is -2.44. The highest BCUT2D eigenvalue weighted by Crippen LogP contribution is 2.17. The smallest absolute Gasteiger partial charge is 0.251 e. The van der Waals surface area contributed by atoms with Crippen LogP contribution in [0.3, 0.4) is 0 Å². The van der Waals surface area contributed by atoms with E-state index in [1.807, 2.05) is 43.6 Å². The first kappa shape index (κ1) is 18.3. The normalized spacial score (nSPS) is 15.5. The monoisotopic (exact) mass is 376 g/mol. The van der Waals surface area contributed by atoms with Crippen LogP contribution >= 0.6 is 0 Å². The largest absolute Gasteiger partial charge is 0.349 e. The fourth-order valence-electron chi connectivity index (χ4n) is 3.50. The number of piperidine rings is 1. The van der Waals surface area contributed by atoms with Crippen molar-refractivity contribution in [2.24, 2.45) is 7.05 Å². The quantitative estimate of drug-likeness (QED) is 0.739. The summed E-state index contributed by atoms with van der Waals surface area (Å²) in [6.45, 7) is 2.87. The van der Waals surface area contributed by atoms with Gasteiger partial charge in [0.25, 0.3) is 5.91 Å². The molecule has 4 rings (SSSR count). The Morgan fingerprint density at radius 1 is 1.18 bits per heavy atom. The Bertz CT molecular complexity index is 914. The predicted octanol–water partition coefficient (Wildman–Crippen LogP) is 2.27.